The Morgan fingerprint density at radius 1 is 0.833 bits per heavy atom. The van der Waals surface area contributed by atoms with Crippen LogP contribution >= 0.6 is 11.3 Å². The summed E-state index contributed by atoms with van der Waals surface area (Å²) in [5.74, 6) is -0.196. The van der Waals surface area contributed by atoms with Crippen molar-refractivity contribution >= 4 is 38.9 Å². The Morgan fingerprint density at radius 2 is 1.42 bits per heavy atom. The minimum Gasteiger partial charge on any atom is -1.00 e. The average Bonchev–Trinajstić information content (AvgIpc) is 3.23. The summed E-state index contributed by atoms with van der Waals surface area (Å²) in [4.78, 5) is 17.3. The zero-order valence-electron chi connectivity index (χ0n) is 21.7. The predicted octanol–water partition coefficient (Wildman–Crippen LogP) is 5.19. The van der Waals surface area contributed by atoms with Gasteiger partial charge in [-0.25, -0.2) is 9.36 Å². The fourth-order valence-electron chi connectivity index (χ4n) is 4.24. The molecule has 3 rings (SSSR count). The number of benzene rings is 2. The first kappa shape index (κ1) is 30.2. The van der Waals surface area contributed by atoms with E-state index < -0.39 is 0 Å². The summed E-state index contributed by atoms with van der Waals surface area (Å²) < 4.78 is 8.64. The van der Waals surface area contributed by atoms with E-state index in [2.05, 4.69) is 18.0 Å². The van der Waals surface area contributed by atoms with Gasteiger partial charge in [-0.15, -0.1) is 0 Å². The number of nitrogens with zero attached hydrogens (tertiary/aromatic N) is 2. The third kappa shape index (κ3) is 10.9. The summed E-state index contributed by atoms with van der Waals surface area (Å²) in [5, 5.41) is 0.803. The first-order valence-corrected chi connectivity index (χ1v) is 14.3. The van der Waals surface area contributed by atoms with Crippen LogP contribution in [0.1, 0.15) is 89.5 Å². The van der Waals surface area contributed by atoms with E-state index in [0.717, 1.165) is 33.8 Å². The molecular formula is C30H41BrN2O2S. The van der Waals surface area contributed by atoms with Crippen molar-refractivity contribution in [1.29, 1.82) is 0 Å². The highest BCUT2D eigenvalue weighted by atomic mass is 79.9. The molecule has 0 spiro atoms. The molecule has 0 atom stereocenters. The molecule has 0 aliphatic heterocycles. The van der Waals surface area contributed by atoms with Crippen molar-refractivity contribution in [2.75, 3.05) is 6.61 Å². The summed E-state index contributed by atoms with van der Waals surface area (Å²) in [6.07, 6.45) is 17.4. The number of rotatable bonds is 17. The molecule has 0 N–H and O–H groups in total. The first-order chi connectivity index (χ1) is 17.3. The number of carbonyl (C=O) groups is 1. The minimum atomic E-state index is -0.196. The van der Waals surface area contributed by atoms with Crippen LogP contribution in [0, 0.1) is 0 Å². The second-order valence-corrected chi connectivity index (χ2v) is 10.2. The Hall–Kier alpha value is -2.05. The molecular weight excluding hydrogens is 532 g/mol. The second-order valence-electron chi connectivity index (χ2n) is 9.22. The van der Waals surface area contributed by atoms with Crippen molar-refractivity contribution in [1.82, 2.24) is 0 Å². The van der Waals surface area contributed by atoms with Gasteiger partial charge in [-0.2, -0.15) is 0 Å². The molecule has 4 nitrogen and oxygen atoms in total. The molecule has 0 aliphatic carbocycles. The van der Waals surface area contributed by atoms with Crippen LogP contribution in [0.5, 0.6) is 0 Å². The lowest BCUT2D eigenvalue weighted by atomic mass is 10.1. The van der Waals surface area contributed by atoms with E-state index in [1.807, 2.05) is 59.3 Å². The molecule has 0 bridgehead atoms. The normalized spacial score (nSPS) is 11.1. The first-order valence-electron chi connectivity index (χ1n) is 13.4. The number of esters is 1. The molecule has 0 radical (unpaired) electrons. The highest BCUT2D eigenvalue weighted by Gasteiger charge is 2.21. The monoisotopic (exact) mass is 572 g/mol. The van der Waals surface area contributed by atoms with Gasteiger partial charge in [-0.3, -0.25) is 0 Å². The van der Waals surface area contributed by atoms with Gasteiger partial charge in [0.1, 0.15) is 11.7 Å². The number of hydrogen-bond acceptors (Lipinski definition) is 4. The van der Waals surface area contributed by atoms with Gasteiger partial charge in [0.05, 0.1) is 11.3 Å². The van der Waals surface area contributed by atoms with Crippen molar-refractivity contribution in [3.8, 4) is 0 Å². The van der Waals surface area contributed by atoms with Crippen molar-refractivity contribution in [2.45, 2.75) is 90.5 Å². The van der Waals surface area contributed by atoms with E-state index in [0.29, 0.717) is 6.61 Å². The lowest BCUT2D eigenvalue weighted by Gasteiger charge is -2.05. The molecule has 0 unspecified atom stereocenters. The quantitative estimate of drug-likeness (QED) is 0.0966. The van der Waals surface area contributed by atoms with Crippen LogP contribution in [0.25, 0.3) is 10.2 Å². The summed E-state index contributed by atoms with van der Waals surface area (Å²) >= 11 is 1.59. The molecule has 36 heavy (non-hydrogen) atoms. The number of aliphatic imine (C=N–C) groups is 1. The number of aromatic nitrogens is 1. The second kappa shape index (κ2) is 18.2. The van der Waals surface area contributed by atoms with E-state index in [1.165, 1.54) is 64.2 Å². The van der Waals surface area contributed by atoms with Gasteiger partial charge < -0.3 is 21.7 Å². The van der Waals surface area contributed by atoms with Crippen molar-refractivity contribution in [3.05, 3.63) is 60.2 Å². The lowest BCUT2D eigenvalue weighted by molar-refractivity contribution is -0.643. The van der Waals surface area contributed by atoms with E-state index >= 15 is 0 Å². The molecule has 0 saturated carbocycles. The smallest absolute Gasteiger partial charge is 0.383 e. The number of hydrogen-bond donors (Lipinski definition) is 0. The van der Waals surface area contributed by atoms with Crippen LogP contribution < -0.4 is 21.5 Å². The third-order valence-corrected chi connectivity index (χ3v) is 7.33. The van der Waals surface area contributed by atoms with Crippen LogP contribution in [-0.2, 0) is 16.1 Å². The summed E-state index contributed by atoms with van der Waals surface area (Å²) in [6.45, 7) is 2.95. The van der Waals surface area contributed by atoms with Crippen LogP contribution in [-0.4, -0.2) is 18.8 Å². The average molecular weight is 574 g/mol. The van der Waals surface area contributed by atoms with E-state index in [-0.39, 0.29) is 29.5 Å². The van der Waals surface area contributed by atoms with Crippen molar-refractivity contribution in [3.63, 3.8) is 0 Å². The van der Waals surface area contributed by atoms with E-state index in [4.69, 9.17) is 4.74 Å². The summed E-state index contributed by atoms with van der Waals surface area (Å²) in [5.41, 5.74) is 2.05. The number of ether oxygens (including phenoxy) is 1. The zero-order valence-corrected chi connectivity index (χ0v) is 24.1. The maximum atomic E-state index is 12.6. The number of thiazole rings is 1. The Balaban J connectivity index is 0.00000456. The molecule has 0 aliphatic rings. The van der Waals surface area contributed by atoms with Gasteiger partial charge in [0.15, 0.2) is 6.54 Å². The zero-order chi connectivity index (χ0) is 24.6. The number of para-hydroxylation sites is 1. The topological polar surface area (TPSA) is 42.5 Å². The van der Waals surface area contributed by atoms with E-state index in [1.54, 1.807) is 11.3 Å². The van der Waals surface area contributed by atoms with Crippen LogP contribution in [0.15, 0.2) is 59.6 Å². The summed E-state index contributed by atoms with van der Waals surface area (Å²) in [7, 11) is 0. The number of fused-ring (bicyclic) bond motifs is 1. The maximum absolute atomic E-state index is 12.6. The number of carbonyl (C=O) groups excluding carboxylic acids is 1. The molecule has 1 aromatic heterocycles. The molecule has 1 heterocycles. The Bertz CT molecular complexity index is 1040. The highest BCUT2D eigenvalue weighted by molar-refractivity contribution is 7.21. The van der Waals surface area contributed by atoms with Gasteiger partial charge in [0.2, 0.25) is 0 Å². The minimum absolute atomic E-state index is 0. The number of unbranched alkanes of at least 4 members (excludes halogenated alkanes) is 11. The standard InChI is InChI=1S/C30H41N2O2S.BrH/c1-2-3-4-5-6-7-8-9-10-11-12-18-23-34-29(33)25-32-27-21-16-17-22-28(27)35-30(32)31-24-26-19-14-13-15-20-26;/h13-17,19-22,24H,2-12,18,23,25H2,1H3;1H/q+1;/p-1. The van der Waals surface area contributed by atoms with Gasteiger partial charge in [0, 0.05) is 5.56 Å². The Morgan fingerprint density at radius 3 is 2.08 bits per heavy atom. The molecule has 6 heteroatoms. The van der Waals surface area contributed by atoms with Gasteiger partial charge in [0.25, 0.3) is 0 Å². The van der Waals surface area contributed by atoms with Gasteiger partial charge in [-0.05, 0) is 34.9 Å². The van der Waals surface area contributed by atoms with Crippen molar-refractivity contribution in [2.24, 2.45) is 4.99 Å². The SMILES string of the molecule is CCCCCCCCCCCCCCOC(=O)C[n+]1c(N=Cc2ccccc2)sc2ccccc21.[Br-]. The van der Waals surface area contributed by atoms with Crippen LogP contribution in [0.3, 0.4) is 0 Å². The molecule has 0 amide bonds. The molecule has 0 fully saturated rings. The van der Waals surface area contributed by atoms with Crippen LogP contribution in [0.2, 0.25) is 0 Å². The summed E-state index contributed by atoms with van der Waals surface area (Å²) in [6, 6.07) is 18.1. The van der Waals surface area contributed by atoms with Crippen LogP contribution in [0.4, 0.5) is 5.13 Å². The molecule has 196 valence electrons. The van der Waals surface area contributed by atoms with Crippen molar-refractivity contribution < 1.29 is 31.1 Å². The fraction of sp³-hybridized carbons (Fsp3) is 0.500. The van der Waals surface area contributed by atoms with Gasteiger partial charge >= 0.3 is 11.1 Å². The Labute approximate surface area is 231 Å². The molecule has 0 saturated heterocycles. The fourth-order valence-corrected chi connectivity index (χ4v) is 5.25. The highest BCUT2D eigenvalue weighted by Crippen LogP contribution is 2.26. The third-order valence-electron chi connectivity index (χ3n) is 6.26. The molecule has 2 aromatic carbocycles. The lowest BCUT2D eigenvalue weighted by Crippen LogP contribution is -3.00. The number of halogens is 1. The molecule has 3 aromatic rings. The van der Waals surface area contributed by atoms with Gasteiger partial charge in [-0.1, -0.05) is 120 Å². The Kier molecular flexibility index (Phi) is 15.3. The van der Waals surface area contributed by atoms with E-state index in [9.17, 15) is 4.79 Å². The predicted molar refractivity (Wildman–Crippen MR) is 148 cm³/mol. The maximum Gasteiger partial charge on any atom is 0.383 e. The largest absolute Gasteiger partial charge is 1.00 e.